The van der Waals surface area contributed by atoms with E-state index in [9.17, 15) is 9.59 Å². The Labute approximate surface area is 260 Å². The van der Waals surface area contributed by atoms with Crippen LogP contribution in [0.3, 0.4) is 0 Å². The first-order valence-corrected chi connectivity index (χ1v) is 15.8. The molecule has 1 N–H and O–H groups in total. The molecule has 2 amide bonds. The molecule has 1 atom stereocenters. The van der Waals surface area contributed by atoms with E-state index in [1.54, 1.807) is 0 Å². The molecular formula is C32H43BN7O2S. The standard InChI is InChI=1S/C32H43BN7O2S/c1-24-20-40(14-7-13-33-24)43-27-9-6-8-25(18-27)21-39-17-16-38(22-32(39,2)3)26-10-11-28-29(19-26)37(5)35-31(28)36(4)15-12-30(42)34-23-41/h6-11,13,18-19,23-24H,12,14-17,20-22H2,1-5H3,(H,34,41,42). The van der Waals surface area contributed by atoms with Gasteiger partial charge in [-0.2, -0.15) is 5.10 Å². The number of piperazine rings is 1. The Morgan fingerprint density at radius 1 is 1.23 bits per heavy atom. The summed E-state index contributed by atoms with van der Waals surface area (Å²) in [6.45, 7) is 13.2. The van der Waals surface area contributed by atoms with E-state index in [0.717, 1.165) is 56.0 Å². The van der Waals surface area contributed by atoms with Crippen molar-refractivity contribution in [3.05, 3.63) is 60.1 Å². The molecule has 3 heterocycles. The molecule has 0 aliphatic carbocycles. The quantitative estimate of drug-likeness (QED) is 0.212. The largest absolute Gasteiger partial charge is 0.368 e. The summed E-state index contributed by atoms with van der Waals surface area (Å²) in [4.78, 5) is 30.6. The Bertz CT molecular complexity index is 1480. The number of anilines is 2. The molecule has 43 heavy (non-hydrogen) atoms. The zero-order chi connectivity index (χ0) is 30.6. The summed E-state index contributed by atoms with van der Waals surface area (Å²) < 4.78 is 4.35. The molecule has 2 aromatic carbocycles. The van der Waals surface area contributed by atoms with Gasteiger partial charge in [0.25, 0.3) is 0 Å². The number of nitrogens with zero attached hydrogens (tertiary/aromatic N) is 6. The molecular weight excluding hydrogens is 557 g/mol. The summed E-state index contributed by atoms with van der Waals surface area (Å²) in [5.41, 5.74) is 3.60. The van der Waals surface area contributed by atoms with Crippen molar-refractivity contribution in [2.24, 2.45) is 7.05 Å². The first kappa shape index (κ1) is 31.2. The number of amides is 2. The molecule has 0 saturated carbocycles. The number of carbonyl (C=O) groups excluding carboxylic acids is 2. The monoisotopic (exact) mass is 600 g/mol. The molecule has 9 nitrogen and oxygen atoms in total. The highest BCUT2D eigenvalue weighted by Crippen LogP contribution is 2.33. The average Bonchev–Trinajstić information content (AvgIpc) is 3.16. The number of nitrogens with one attached hydrogen (secondary N) is 1. The summed E-state index contributed by atoms with van der Waals surface area (Å²) >= 11 is 1.86. The van der Waals surface area contributed by atoms with Crippen molar-refractivity contribution < 1.29 is 9.59 Å². The van der Waals surface area contributed by atoms with Crippen LogP contribution < -0.4 is 15.1 Å². The summed E-state index contributed by atoms with van der Waals surface area (Å²) in [7, 11) is 6.16. The van der Waals surface area contributed by atoms with Crippen molar-refractivity contribution in [2.75, 3.05) is 56.1 Å². The van der Waals surface area contributed by atoms with E-state index in [1.807, 2.05) is 35.6 Å². The highest BCUT2D eigenvalue weighted by atomic mass is 32.2. The second kappa shape index (κ2) is 13.6. The number of benzene rings is 2. The van der Waals surface area contributed by atoms with E-state index < -0.39 is 0 Å². The fourth-order valence-corrected chi connectivity index (χ4v) is 7.08. The van der Waals surface area contributed by atoms with Crippen LogP contribution >= 0.6 is 11.9 Å². The van der Waals surface area contributed by atoms with Crippen LogP contribution in [0.5, 0.6) is 0 Å². The Morgan fingerprint density at radius 2 is 2.07 bits per heavy atom. The first-order valence-electron chi connectivity index (χ1n) is 15.1. The van der Waals surface area contributed by atoms with Gasteiger partial charge in [0, 0.05) is 87.8 Å². The maximum Gasteiger partial charge on any atom is 0.228 e. The third kappa shape index (κ3) is 7.63. The number of imide groups is 1. The van der Waals surface area contributed by atoms with Gasteiger partial charge in [-0.05, 0) is 61.7 Å². The third-order valence-electron chi connectivity index (χ3n) is 8.39. The van der Waals surface area contributed by atoms with Crippen molar-refractivity contribution in [3.63, 3.8) is 0 Å². The van der Waals surface area contributed by atoms with Gasteiger partial charge in [0.1, 0.15) is 7.28 Å². The molecule has 11 heteroatoms. The Kier molecular flexibility index (Phi) is 9.83. The van der Waals surface area contributed by atoms with E-state index >= 15 is 0 Å². The number of aryl methyl sites for hydroxylation is 1. The molecule has 0 spiro atoms. The molecule has 1 aromatic heterocycles. The molecule has 0 bridgehead atoms. The fourth-order valence-electron chi connectivity index (χ4n) is 5.97. The number of fused-ring (bicyclic) bond motifs is 1. The molecule has 1 radical (unpaired) electrons. The van der Waals surface area contributed by atoms with Crippen LogP contribution in [0.4, 0.5) is 11.5 Å². The van der Waals surface area contributed by atoms with Crippen LogP contribution in [-0.4, -0.2) is 90.4 Å². The van der Waals surface area contributed by atoms with Crippen LogP contribution in [0.2, 0.25) is 5.82 Å². The number of rotatable bonds is 10. The average molecular weight is 601 g/mol. The summed E-state index contributed by atoms with van der Waals surface area (Å²) in [5.74, 6) is 3.28. The lowest BCUT2D eigenvalue weighted by molar-refractivity contribution is -0.125. The minimum atomic E-state index is -0.295. The van der Waals surface area contributed by atoms with E-state index in [1.165, 1.54) is 16.1 Å². The Hall–Kier alpha value is -3.28. The van der Waals surface area contributed by atoms with Gasteiger partial charge in [0.15, 0.2) is 5.82 Å². The number of aromatic nitrogens is 2. The minimum absolute atomic E-state index is 0.00285. The Morgan fingerprint density at radius 3 is 2.86 bits per heavy atom. The lowest BCUT2D eigenvalue weighted by Gasteiger charge is -2.48. The van der Waals surface area contributed by atoms with Crippen molar-refractivity contribution in [1.29, 1.82) is 0 Å². The summed E-state index contributed by atoms with van der Waals surface area (Å²) in [5, 5.41) is 7.99. The summed E-state index contributed by atoms with van der Waals surface area (Å²) in [6, 6.07) is 15.6. The van der Waals surface area contributed by atoms with Gasteiger partial charge in [-0.3, -0.25) is 24.5 Å². The lowest BCUT2D eigenvalue weighted by Crippen LogP contribution is -2.58. The second-order valence-electron chi connectivity index (χ2n) is 12.3. The van der Waals surface area contributed by atoms with E-state index in [-0.39, 0.29) is 17.9 Å². The topological polar surface area (TPSA) is 77.0 Å². The number of hydrogen-bond donors (Lipinski definition) is 1. The van der Waals surface area contributed by atoms with Crippen molar-refractivity contribution in [3.8, 4) is 0 Å². The maximum atomic E-state index is 11.7. The van der Waals surface area contributed by atoms with Gasteiger partial charge >= 0.3 is 0 Å². The van der Waals surface area contributed by atoms with Gasteiger partial charge in [0.05, 0.1) is 5.52 Å². The van der Waals surface area contributed by atoms with Crippen LogP contribution in [-0.2, 0) is 23.2 Å². The van der Waals surface area contributed by atoms with E-state index in [2.05, 4.69) is 102 Å². The molecule has 2 aliphatic rings. The van der Waals surface area contributed by atoms with Gasteiger partial charge in [0.2, 0.25) is 12.3 Å². The third-order valence-corrected chi connectivity index (χ3v) is 9.41. The normalized spacial score (nSPS) is 19.2. The first-order chi connectivity index (χ1) is 20.6. The smallest absolute Gasteiger partial charge is 0.228 e. The molecule has 5 rings (SSSR count). The van der Waals surface area contributed by atoms with Crippen LogP contribution in [0, 0.1) is 0 Å². The molecule has 227 valence electrons. The van der Waals surface area contributed by atoms with Crippen LogP contribution in [0.1, 0.15) is 32.8 Å². The SMILES string of the molecule is CC1[B]C=CCN(Sc2cccc(CN3CCN(c4ccc5c(N(C)CCC(=O)NC=O)nn(C)c5c4)CC3(C)C)c2)C1. The van der Waals surface area contributed by atoms with E-state index in [4.69, 9.17) is 5.10 Å². The lowest BCUT2D eigenvalue weighted by atomic mass is 9.66. The van der Waals surface area contributed by atoms with Gasteiger partial charge < -0.3 is 9.80 Å². The predicted molar refractivity (Wildman–Crippen MR) is 178 cm³/mol. The van der Waals surface area contributed by atoms with Crippen LogP contribution in [0.25, 0.3) is 10.9 Å². The van der Waals surface area contributed by atoms with Crippen molar-refractivity contribution in [2.45, 2.75) is 50.0 Å². The number of carbonyl (C=O) groups is 2. The van der Waals surface area contributed by atoms with Crippen molar-refractivity contribution in [1.82, 2.24) is 24.3 Å². The van der Waals surface area contributed by atoms with Gasteiger partial charge in [-0.25, -0.2) is 4.31 Å². The zero-order valence-electron chi connectivity index (χ0n) is 26.0. The molecule has 1 saturated heterocycles. The van der Waals surface area contributed by atoms with Gasteiger partial charge in [-0.15, -0.1) is 5.98 Å². The molecule has 1 unspecified atom stereocenters. The molecule has 3 aromatic rings. The molecule has 2 aliphatic heterocycles. The maximum absolute atomic E-state index is 11.7. The highest BCUT2D eigenvalue weighted by molar-refractivity contribution is 7.97. The van der Waals surface area contributed by atoms with Crippen molar-refractivity contribution >= 4 is 54.0 Å². The minimum Gasteiger partial charge on any atom is -0.368 e. The van der Waals surface area contributed by atoms with Crippen LogP contribution in [0.15, 0.2) is 59.4 Å². The molecule has 1 fully saturated rings. The zero-order valence-corrected chi connectivity index (χ0v) is 26.8. The van der Waals surface area contributed by atoms with E-state index in [0.29, 0.717) is 18.8 Å². The second-order valence-corrected chi connectivity index (χ2v) is 13.5. The Balaban J connectivity index is 1.23. The summed E-state index contributed by atoms with van der Waals surface area (Å²) in [6.07, 6.45) is 2.89. The fraction of sp³-hybridized carbons (Fsp3) is 0.469. The predicted octanol–water partition coefficient (Wildman–Crippen LogP) is 4.12. The van der Waals surface area contributed by atoms with Gasteiger partial charge in [-0.1, -0.05) is 30.9 Å². The highest BCUT2D eigenvalue weighted by Gasteiger charge is 2.34. The number of hydrogen-bond acceptors (Lipinski definition) is 8.